The summed E-state index contributed by atoms with van der Waals surface area (Å²) < 4.78 is 0. The first-order valence-corrected chi connectivity index (χ1v) is 9.01. The van der Waals surface area contributed by atoms with Crippen molar-refractivity contribution in [1.82, 2.24) is 0 Å². The van der Waals surface area contributed by atoms with Gasteiger partial charge in [0.25, 0.3) is 0 Å². The minimum absolute atomic E-state index is 0.318. The van der Waals surface area contributed by atoms with E-state index in [1.54, 1.807) is 0 Å². The van der Waals surface area contributed by atoms with Gasteiger partial charge in [0.05, 0.1) is 0 Å². The minimum atomic E-state index is -1.21. The number of carbonyl (C=O) groups excluding carboxylic acids is 1. The maximum atomic E-state index is 10.7. The van der Waals surface area contributed by atoms with Gasteiger partial charge in [-0.2, -0.15) is 5.26 Å². The Morgan fingerprint density at radius 2 is 1.30 bits per heavy atom. The summed E-state index contributed by atoms with van der Waals surface area (Å²) in [7, 11) is 0. The van der Waals surface area contributed by atoms with Gasteiger partial charge in [-0.05, 0) is 38.5 Å². The first-order chi connectivity index (χ1) is 11.2. The molecule has 1 unspecified atom stereocenters. The molecule has 0 radical (unpaired) electrons. The third-order valence-corrected chi connectivity index (χ3v) is 3.91. The molecule has 0 heterocycles. The van der Waals surface area contributed by atoms with Gasteiger partial charge in [0.2, 0.25) is 0 Å². The van der Waals surface area contributed by atoms with Crippen molar-refractivity contribution in [3.63, 3.8) is 0 Å². The zero-order valence-corrected chi connectivity index (χ0v) is 14.3. The average molecular weight is 330 g/mol. The zero-order valence-electron chi connectivity index (χ0n) is 14.3. The molecule has 0 aromatic heterocycles. The van der Waals surface area contributed by atoms with Gasteiger partial charge in [-0.15, -0.1) is 0 Å². The molecule has 0 bridgehead atoms. The summed E-state index contributed by atoms with van der Waals surface area (Å²) >= 11 is 0. The van der Waals surface area contributed by atoms with E-state index in [2.05, 4.69) is 17.0 Å². The number of allylic oxidation sites excluding steroid dienone is 2. The summed E-state index contributed by atoms with van der Waals surface area (Å²) in [5.41, 5.74) is 0. The maximum absolute atomic E-state index is 10.7. The number of carbonyl (C=O) groups is 1. The van der Waals surface area contributed by atoms with Crippen molar-refractivity contribution >= 4 is 5.97 Å². The van der Waals surface area contributed by atoms with Crippen LogP contribution in [0.3, 0.4) is 0 Å². The molecule has 0 aliphatic heterocycles. The molecule has 3 N–H and O–H groups in total. The first-order valence-electron chi connectivity index (χ1n) is 9.01. The van der Waals surface area contributed by atoms with Gasteiger partial charge >= 0.3 is 5.97 Å². The van der Waals surface area contributed by atoms with Crippen LogP contribution >= 0.6 is 0 Å². The highest BCUT2D eigenvalue weighted by atomic mass is 17.1. The number of unbranched alkanes of at least 4 members (excludes halogenated alkanes) is 10. The minimum Gasteiger partial charge on any atom is -0.396 e. The highest BCUT2D eigenvalue weighted by Gasteiger charge is 2.15. The number of aliphatic hydroxyl groups is 2. The lowest BCUT2D eigenvalue weighted by molar-refractivity contribution is -0.242. The van der Waals surface area contributed by atoms with Crippen LogP contribution in [0.2, 0.25) is 0 Å². The van der Waals surface area contributed by atoms with Crippen molar-refractivity contribution < 1.29 is 25.2 Å². The van der Waals surface area contributed by atoms with Crippen LogP contribution < -0.4 is 0 Å². The Morgan fingerprint density at radius 3 is 1.83 bits per heavy atom. The largest absolute Gasteiger partial charge is 0.396 e. The van der Waals surface area contributed by atoms with Crippen molar-refractivity contribution in [3.8, 4) is 0 Å². The Bertz CT molecular complexity index is 291. The predicted octanol–water partition coefficient (Wildman–Crippen LogP) is 3.98. The second kappa shape index (κ2) is 17.4. The molecule has 0 aliphatic carbocycles. The summed E-state index contributed by atoms with van der Waals surface area (Å²) in [4.78, 5) is 14.2. The van der Waals surface area contributed by atoms with Crippen LogP contribution in [-0.2, 0) is 9.68 Å². The highest BCUT2D eigenvalue weighted by Crippen LogP contribution is 2.10. The van der Waals surface area contributed by atoms with E-state index >= 15 is 0 Å². The maximum Gasteiger partial charge on any atom is 0.370 e. The van der Waals surface area contributed by atoms with Crippen LogP contribution in [0.4, 0.5) is 0 Å². The van der Waals surface area contributed by atoms with E-state index in [0.29, 0.717) is 13.0 Å². The summed E-state index contributed by atoms with van der Waals surface area (Å²) in [5.74, 6) is -0.971. The van der Waals surface area contributed by atoms with E-state index in [0.717, 1.165) is 51.4 Å². The monoisotopic (exact) mass is 330 g/mol. The number of hydrogen-bond donors (Lipinski definition) is 3. The average Bonchev–Trinajstić information content (AvgIpc) is 2.57. The van der Waals surface area contributed by atoms with E-state index in [1.807, 2.05) is 0 Å². The van der Waals surface area contributed by atoms with Crippen molar-refractivity contribution in [2.24, 2.45) is 0 Å². The van der Waals surface area contributed by atoms with Gasteiger partial charge in [0.1, 0.15) is 0 Å². The highest BCUT2D eigenvalue weighted by molar-refractivity contribution is 5.73. The van der Waals surface area contributed by atoms with Crippen LogP contribution in [0.5, 0.6) is 0 Å². The van der Waals surface area contributed by atoms with Crippen LogP contribution in [0, 0.1) is 0 Å². The summed E-state index contributed by atoms with van der Waals surface area (Å²) in [6, 6.07) is 0. The quantitative estimate of drug-likeness (QED) is 0.172. The summed E-state index contributed by atoms with van der Waals surface area (Å²) in [6.07, 6.45) is 16.9. The van der Waals surface area contributed by atoms with E-state index in [9.17, 15) is 9.90 Å². The molecule has 0 saturated heterocycles. The lowest BCUT2D eigenvalue weighted by Gasteiger charge is -2.05. The number of aliphatic hydroxyl groups excluding tert-OH is 2. The molecular formula is C18H34O5. The lowest BCUT2D eigenvalue weighted by atomic mass is 10.1. The van der Waals surface area contributed by atoms with Crippen molar-refractivity contribution in [2.75, 3.05) is 6.61 Å². The molecule has 23 heavy (non-hydrogen) atoms. The number of rotatable bonds is 16. The van der Waals surface area contributed by atoms with E-state index in [-0.39, 0.29) is 0 Å². The molecule has 0 aromatic carbocycles. The van der Waals surface area contributed by atoms with Gasteiger partial charge in [-0.3, -0.25) is 4.89 Å². The van der Waals surface area contributed by atoms with Crippen molar-refractivity contribution in [3.05, 3.63) is 12.2 Å². The second-order valence-electron chi connectivity index (χ2n) is 6.02. The molecule has 0 aromatic rings. The fraction of sp³-hybridized carbons (Fsp3) is 0.833. The van der Waals surface area contributed by atoms with Gasteiger partial charge < -0.3 is 10.2 Å². The van der Waals surface area contributed by atoms with E-state index in [1.165, 1.54) is 25.7 Å². The molecule has 0 rings (SSSR count). The molecule has 136 valence electrons. The van der Waals surface area contributed by atoms with Crippen molar-refractivity contribution in [2.45, 2.75) is 89.6 Å². The van der Waals surface area contributed by atoms with E-state index < -0.39 is 12.1 Å². The second-order valence-corrected chi connectivity index (χ2v) is 6.02. The molecule has 0 aliphatic rings. The van der Waals surface area contributed by atoms with Gasteiger partial charge in [0, 0.05) is 6.61 Å². The molecule has 5 heteroatoms. The normalized spacial score (nSPS) is 12.7. The molecule has 5 nitrogen and oxygen atoms in total. The van der Waals surface area contributed by atoms with Crippen LogP contribution in [-0.4, -0.2) is 34.2 Å². The van der Waals surface area contributed by atoms with Gasteiger partial charge in [-0.25, -0.2) is 4.79 Å². The van der Waals surface area contributed by atoms with E-state index in [4.69, 9.17) is 10.4 Å². The van der Waals surface area contributed by atoms with Gasteiger partial charge in [-0.1, -0.05) is 57.1 Å². The van der Waals surface area contributed by atoms with Crippen LogP contribution in [0.1, 0.15) is 83.5 Å². The first kappa shape index (κ1) is 22.1. The standard InChI is InChI=1S/C18H34O5/c19-16-14-12-10-8-6-4-2-1-3-5-7-9-11-13-15-17(20)18(21)23-22/h1,3,17,19-20,22H,2,4-16H2/b3-1-. The zero-order chi connectivity index (χ0) is 17.2. The topological polar surface area (TPSA) is 87.0 Å². The summed E-state index contributed by atoms with van der Waals surface area (Å²) in [6.45, 7) is 0.318. The third-order valence-electron chi connectivity index (χ3n) is 3.91. The Labute approximate surface area is 140 Å². The Kier molecular flexibility index (Phi) is 16.8. The predicted molar refractivity (Wildman–Crippen MR) is 91.0 cm³/mol. The molecule has 0 spiro atoms. The van der Waals surface area contributed by atoms with Crippen LogP contribution in [0.25, 0.3) is 0 Å². The van der Waals surface area contributed by atoms with Crippen molar-refractivity contribution in [1.29, 1.82) is 0 Å². The third kappa shape index (κ3) is 15.8. The Balaban J connectivity index is 3.21. The van der Waals surface area contributed by atoms with Gasteiger partial charge in [0.15, 0.2) is 6.10 Å². The van der Waals surface area contributed by atoms with Crippen LogP contribution in [0.15, 0.2) is 12.2 Å². The molecular weight excluding hydrogens is 296 g/mol. The smallest absolute Gasteiger partial charge is 0.370 e. The lowest BCUT2D eigenvalue weighted by Crippen LogP contribution is -2.21. The molecule has 0 amide bonds. The number of hydrogen-bond acceptors (Lipinski definition) is 5. The molecule has 1 atom stereocenters. The molecule has 0 fully saturated rings. The molecule has 0 saturated carbocycles. The SMILES string of the molecule is O=C(OO)C(O)CCCCCC/C=C\CCCCCCCCO. The Morgan fingerprint density at radius 1 is 0.826 bits per heavy atom. The summed E-state index contributed by atoms with van der Waals surface area (Å²) in [5, 5.41) is 26.0. The fourth-order valence-corrected chi connectivity index (χ4v) is 2.45. The fourth-order valence-electron chi connectivity index (χ4n) is 2.45. The Hall–Kier alpha value is -0.910.